The second-order valence-electron chi connectivity index (χ2n) is 3.98. The van der Waals surface area contributed by atoms with Gasteiger partial charge in [-0.15, -0.1) is 0 Å². The molecule has 0 heterocycles. The van der Waals surface area contributed by atoms with E-state index in [1.807, 2.05) is 0 Å². The summed E-state index contributed by atoms with van der Waals surface area (Å²) in [6.07, 6.45) is 0. The lowest BCUT2D eigenvalue weighted by molar-refractivity contribution is -0.384. The van der Waals surface area contributed by atoms with Crippen LogP contribution in [0.15, 0.2) is 36.4 Å². The molecule has 0 radical (unpaired) electrons. The average Bonchev–Trinajstić information content (AvgIpc) is 2.42. The number of nitrogens with two attached hydrogens (primary N) is 1. The summed E-state index contributed by atoms with van der Waals surface area (Å²) in [5.74, 6) is 0.167. The second kappa shape index (κ2) is 5.66. The van der Waals surface area contributed by atoms with Gasteiger partial charge in [0.2, 0.25) is 0 Å². The Morgan fingerprint density at radius 2 is 2.05 bits per heavy atom. The summed E-state index contributed by atoms with van der Waals surface area (Å²) < 4.78 is 5.00. The van der Waals surface area contributed by atoms with E-state index in [0.717, 1.165) is 0 Å². The van der Waals surface area contributed by atoms with Crippen molar-refractivity contribution in [3.63, 3.8) is 0 Å². The van der Waals surface area contributed by atoms with Crippen molar-refractivity contribution >= 4 is 34.4 Å². The van der Waals surface area contributed by atoms with Crippen molar-refractivity contribution in [2.24, 2.45) is 0 Å². The lowest BCUT2D eigenvalue weighted by atomic mass is 10.2. The number of nitrogens with one attached hydrogen (secondary N) is 1. The molecule has 0 amide bonds. The van der Waals surface area contributed by atoms with Gasteiger partial charge in [-0.25, -0.2) is 0 Å². The van der Waals surface area contributed by atoms with Crippen LogP contribution in [0.25, 0.3) is 0 Å². The van der Waals surface area contributed by atoms with Gasteiger partial charge in [-0.1, -0.05) is 17.7 Å². The molecule has 6 nitrogen and oxygen atoms in total. The topological polar surface area (TPSA) is 90.4 Å². The molecule has 0 atom stereocenters. The molecule has 2 rings (SSSR count). The van der Waals surface area contributed by atoms with Crippen molar-refractivity contribution in [3.05, 3.63) is 51.5 Å². The van der Waals surface area contributed by atoms with Crippen molar-refractivity contribution in [1.82, 2.24) is 0 Å². The summed E-state index contributed by atoms with van der Waals surface area (Å²) in [7, 11) is 1.37. The molecule has 0 unspecified atom stereocenters. The summed E-state index contributed by atoms with van der Waals surface area (Å²) in [6, 6.07) is 9.60. The van der Waals surface area contributed by atoms with Crippen LogP contribution in [0.2, 0.25) is 5.02 Å². The Hall–Kier alpha value is -2.47. The lowest BCUT2D eigenvalue weighted by Gasteiger charge is -2.11. The third kappa shape index (κ3) is 2.75. The van der Waals surface area contributed by atoms with Crippen molar-refractivity contribution in [2.75, 3.05) is 18.2 Å². The Morgan fingerprint density at radius 1 is 1.30 bits per heavy atom. The van der Waals surface area contributed by atoms with Crippen LogP contribution < -0.4 is 15.8 Å². The highest BCUT2D eigenvalue weighted by atomic mass is 35.5. The maximum absolute atomic E-state index is 11.2. The fourth-order valence-corrected chi connectivity index (χ4v) is 1.92. The van der Waals surface area contributed by atoms with Gasteiger partial charge in [0.25, 0.3) is 0 Å². The number of nitro groups is 1. The number of nitro benzene ring substituents is 1. The zero-order valence-electron chi connectivity index (χ0n) is 10.6. The molecule has 2 aromatic rings. The van der Waals surface area contributed by atoms with E-state index in [-0.39, 0.29) is 17.1 Å². The number of hydrogen-bond donors (Lipinski definition) is 2. The molecular formula is C13H12ClN3O3. The number of hydrogen-bond acceptors (Lipinski definition) is 5. The summed E-state index contributed by atoms with van der Waals surface area (Å²) in [6.45, 7) is 0. The minimum atomic E-state index is -0.513. The van der Waals surface area contributed by atoms with Gasteiger partial charge >= 0.3 is 5.69 Å². The monoisotopic (exact) mass is 293 g/mol. The first-order chi connectivity index (χ1) is 9.52. The summed E-state index contributed by atoms with van der Waals surface area (Å²) in [5, 5.41) is 14.5. The number of halogens is 1. The predicted molar refractivity (Wildman–Crippen MR) is 78.8 cm³/mol. The first-order valence-corrected chi connectivity index (χ1v) is 6.04. The minimum absolute atomic E-state index is 0.159. The van der Waals surface area contributed by atoms with E-state index in [2.05, 4.69) is 5.32 Å². The van der Waals surface area contributed by atoms with E-state index in [1.165, 1.54) is 13.2 Å². The first kappa shape index (κ1) is 14.0. The van der Waals surface area contributed by atoms with Gasteiger partial charge in [0.15, 0.2) is 5.75 Å². The van der Waals surface area contributed by atoms with Gasteiger partial charge in [0, 0.05) is 5.69 Å². The average molecular weight is 294 g/mol. The van der Waals surface area contributed by atoms with Crippen LogP contribution in [-0.2, 0) is 0 Å². The number of methoxy groups -OCH3 is 1. The number of nitrogen functional groups attached to an aromatic ring is 1. The Kier molecular flexibility index (Phi) is 3.95. The minimum Gasteiger partial charge on any atom is -0.490 e. The van der Waals surface area contributed by atoms with Crippen LogP contribution in [0.3, 0.4) is 0 Å². The van der Waals surface area contributed by atoms with Gasteiger partial charge in [0.05, 0.1) is 22.7 Å². The van der Waals surface area contributed by atoms with Crippen LogP contribution in [0.4, 0.5) is 22.7 Å². The number of anilines is 3. The molecule has 104 valence electrons. The second-order valence-corrected chi connectivity index (χ2v) is 4.39. The zero-order valence-corrected chi connectivity index (χ0v) is 11.3. The smallest absolute Gasteiger partial charge is 0.334 e. The third-order valence-corrected chi connectivity index (χ3v) is 2.99. The normalized spacial score (nSPS) is 10.1. The molecule has 0 spiro atoms. The standard InChI is InChI=1S/C13H12ClN3O3/c1-20-12-4-2-3-10(13(12)17(18)19)16-11-7-8(15)5-6-9(11)14/h2-7,16H,15H2,1H3. The van der Waals surface area contributed by atoms with Gasteiger partial charge in [-0.3, -0.25) is 10.1 Å². The molecule has 3 N–H and O–H groups in total. The molecule has 7 heteroatoms. The summed E-state index contributed by atoms with van der Waals surface area (Å²) in [4.78, 5) is 10.7. The van der Waals surface area contributed by atoms with Gasteiger partial charge in [-0.2, -0.15) is 0 Å². The van der Waals surface area contributed by atoms with E-state index in [4.69, 9.17) is 22.1 Å². The summed E-state index contributed by atoms with van der Waals surface area (Å²) >= 11 is 6.03. The van der Waals surface area contributed by atoms with Crippen molar-refractivity contribution in [2.45, 2.75) is 0 Å². The summed E-state index contributed by atoms with van der Waals surface area (Å²) in [5.41, 5.74) is 6.79. The van der Waals surface area contributed by atoms with E-state index in [0.29, 0.717) is 16.4 Å². The Balaban J connectivity index is 2.48. The van der Waals surface area contributed by atoms with Crippen molar-refractivity contribution in [3.8, 4) is 5.75 Å². The van der Waals surface area contributed by atoms with Gasteiger partial charge in [0.1, 0.15) is 5.69 Å². The highest BCUT2D eigenvalue weighted by molar-refractivity contribution is 6.33. The van der Waals surface area contributed by atoms with Crippen LogP contribution in [0.5, 0.6) is 5.75 Å². The van der Waals surface area contributed by atoms with Crippen LogP contribution in [-0.4, -0.2) is 12.0 Å². The highest BCUT2D eigenvalue weighted by Crippen LogP contribution is 2.37. The van der Waals surface area contributed by atoms with Crippen molar-refractivity contribution in [1.29, 1.82) is 0 Å². The molecule has 0 fully saturated rings. The Bertz CT molecular complexity index is 661. The maximum Gasteiger partial charge on any atom is 0.334 e. The molecule has 0 saturated carbocycles. The molecule has 0 aliphatic rings. The Labute approximate surface area is 120 Å². The number of benzene rings is 2. The molecule has 0 aromatic heterocycles. The Morgan fingerprint density at radius 3 is 2.70 bits per heavy atom. The number of nitrogens with zero attached hydrogens (tertiary/aromatic N) is 1. The van der Waals surface area contributed by atoms with Gasteiger partial charge < -0.3 is 15.8 Å². The predicted octanol–water partition coefficient (Wildman–Crippen LogP) is 3.58. The van der Waals surface area contributed by atoms with E-state index in [1.54, 1.807) is 30.3 Å². The fraction of sp³-hybridized carbons (Fsp3) is 0.0769. The van der Waals surface area contributed by atoms with Gasteiger partial charge in [-0.05, 0) is 30.3 Å². The number of rotatable bonds is 4. The third-order valence-electron chi connectivity index (χ3n) is 2.66. The van der Waals surface area contributed by atoms with E-state index < -0.39 is 4.92 Å². The van der Waals surface area contributed by atoms with Crippen LogP contribution >= 0.6 is 11.6 Å². The van der Waals surface area contributed by atoms with Crippen LogP contribution in [0.1, 0.15) is 0 Å². The molecular weight excluding hydrogens is 282 g/mol. The SMILES string of the molecule is COc1cccc(Nc2cc(N)ccc2Cl)c1[N+](=O)[O-]. The first-order valence-electron chi connectivity index (χ1n) is 5.66. The van der Waals surface area contributed by atoms with Crippen LogP contribution in [0, 0.1) is 10.1 Å². The fourth-order valence-electron chi connectivity index (χ4n) is 1.76. The van der Waals surface area contributed by atoms with E-state index >= 15 is 0 Å². The number of ether oxygens (including phenoxy) is 1. The lowest BCUT2D eigenvalue weighted by Crippen LogP contribution is -2.00. The highest BCUT2D eigenvalue weighted by Gasteiger charge is 2.21. The molecule has 0 aliphatic heterocycles. The maximum atomic E-state index is 11.2. The molecule has 0 saturated heterocycles. The van der Waals surface area contributed by atoms with E-state index in [9.17, 15) is 10.1 Å². The van der Waals surface area contributed by atoms with Crippen molar-refractivity contribution < 1.29 is 9.66 Å². The molecule has 0 aliphatic carbocycles. The quantitative estimate of drug-likeness (QED) is 0.511. The zero-order chi connectivity index (χ0) is 14.7. The number of para-hydroxylation sites is 1. The largest absolute Gasteiger partial charge is 0.490 e. The molecule has 20 heavy (non-hydrogen) atoms. The molecule has 2 aromatic carbocycles. The molecule has 0 bridgehead atoms.